The minimum atomic E-state index is -0.548. The molecule has 0 aliphatic carbocycles. The molecule has 1 heterocycles. The molecule has 3 aromatic rings. The summed E-state index contributed by atoms with van der Waals surface area (Å²) in [4.78, 5) is 4.48. The van der Waals surface area contributed by atoms with E-state index in [9.17, 15) is 0 Å². The second-order valence-corrected chi connectivity index (χ2v) is 7.02. The molecule has 0 aliphatic rings. The summed E-state index contributed by atoms with van der Waals surface area (Å²) >= 11 is 1.60. The van der Waals surface area contributed by atoms with Crippen LogP contribution < -0.4 is 10.5 Å². The van der Waals surface area contributed by atoms with Gasteiger partial charge in [0.05, 0.1) is 0 Å². The topological polar surface area (TPSA) is 57.4 Å². The number of ether oxygens (including phenoxy) is 2. The number of rotatable bonds is 8. The van der Waals surface area contributed by atoms with Gasteiger partial charge < -0.3 is 15.2 Å². The molecule has 0 amide bonds. The van der Waals surface area contributed by atoms with E-state index >= 15 is 0 Å². The van der Waals surface area contributed by atoms with Crippen LogP contribution in [0.3, 0.4) is 0 Å². The van der Waals surface area contributed by atoms with Crippen LogP contribution in [0.1, 0.15) is 29.5 Å². The van der Waals surface area contributed by atoms with Gasteiger partial charge in [-0.05, 0) is 47.9 Å². The largest absolute Gasteiger partial charge is 0.490 e. The van der Waals surface area contributed by atoms with Crippen LogP contribution in [0.4, 0.5) is 5.69 Å². The average Bonchev–Trinajstić information content (AvgIpc) is 3.24. The number of aromatic nitrogens is 1. The molecule has 3 rings (SSSR count). The van der Waals surface area contributed by atoms with Crippen LogP contribution in [0.2, 0.25) is 0 Å². The summed E-state index contributed by atoms with van der Waals surface area (Å²) < 4.78 is 11.8. The van der Waals surface area contributed by atoms with Crippen molar-refractivity contribution in [2.24, 2.45) is 0 Å². The molecule has 27 heavy (non-hydrogen) atoms. The van der Waals surface area contributed by atoms with Crippen molar-refractivity contribution in [2.45, 2.75) is 18.9 Å². The first kappa shape index (κ1) is 19.1. The zero-order chi connectivity index (χ0) is 19.1. The summed E-state index contributed by atoms with van der Waals surface area (Å²) in [5.74, 6) is 0.806. The third-order valence-corrected chi connectivity index (χ3v) is 5.43. The van der Waals surface area contributed by atoms with Crippen molar-refractivity contribution in [2.75, 3.05) is 19.5 Å². The molecule has 4 nitrogen and oxygen atoms in total. The Hall–Kier alpha value is -2.63. The van der Waals surface area contributed by atoms with E-state index in [1.54, 1.807) is 18.4 Å². The molecule has 0 saturated carbocycles. The Labute approximate surface area is 164 Å². The predicted molar refractivity (Wildman–Crippen MR) is 112 cm³/mol. The third kappa shape index (κ3) is 4.38. The monoisotopic (exact) mass is 380 g/mol. The van der Waals surface area contributed by atoms with E-state index < -0.39 is 5.60 Å². The van der Waals surface area contributed by atoms with Crippen LogP contribution in [0.25, 0.3) is 6.08 Å². The first-order valence-corrected chi connectivity index (χ1v) is 9.76. The molecule has 5 heteroatoms. The molecule has 0 saturated heterocycles. The Balaban J connectivity index is 1.72. The van der Waals surface area contributed by atoms with E-state index in [2.05, 4.69) is 18.0 Å². The van der Waals surface area contributed by atoms with E-state index in [0.717, 1.165) is 34.0 Å². The number of nitrogens with zero attached hydrogens (tertiary/aromatic N) is 1. The lowest BCUT2D eigenvalue weighted by Crippen LogP contribution is -2.29. The van der Waals surface area contributed by atoms with Gasteiger partial charge in [-0.3, -0.25) is 0 Å². The van der Waals surface area contributed by atoms with Gasteiger partial charge in [-0.1, -0.05) is 37.3 Å². The third-order valence-electron chi connectivity index (χ3n) is 4.52. The molecular weight excluding hydrogens is 356 g/mol. The number of anilines is 1. The van der Waals surface area contributed by atoms with E-state index in [1.807, 2.05) is 66.2 Å². The second kappa shape index (κ2) is 8.84. The number of nitrogens with two attached hydrogens (primary N) is 1. The van der Waals surface area contributed by atoms with Gasteiger partial charge in [0.2, 0.25) is 0 Å². The Morgan fingerprint density at radius 1 is 1.19 bits per heavy atom. The average molecular weight is 381 g/mol. The summed E-state index contributed by atoms with van der Waals surface area (Å²) in [5.41, 5.74) is 8.05. The number of thiazole rings is 1. The van der Waals surface area contributed by atoms with E-state index in [1.165, 1.54) is 0 Å². The molecule has 0 aliphatic heterocycles. The van der Waals surface area contributed by atoms with E-state index in [-0.39, 0.29) is 0 Å². The smallest absolute Gasteiger partial charge is 0.144 e. The number of methoxy groups -OCH3 is 1. The predicted octanol–water partition coefficient (Wildman–Crippen LogP) is 5.12. The summed E-state index contributed by atoms with van der Waals surface area (Å²) in [6, 6.07) is 15.8. The minimum absolute atomic E-state index is 0.483. The SMILES string of the molecule is CCC(OC)(c1cccc(OCC=Cc2ccc(N)cc2)c1)c1nccs1. The fourth-order valence-corrected chi connectivity index (χ4v) is 3.93. The first-order valence-electron chi connectivity index (χ1n) is 8.88. The summed E-state index contributed by atoms with van der Waals surface area (Å²) in [7, 11) is 1.73. The van der Waals surface area contributed by atoms with E-state index in [0.29, 0.717) is 6.61 Å². The van der Waals surface area contributed by atoms with Crippen molar-refractivity contribution in [1.82, 2.24) is 4.98 Å². The maximum Gasteiger partial charge on any atom is 0.144 e. The van der Waals surface area contributed by atoms with Gasteiger partial charge in [0.15, 0.2) is 0 Å². The molecule has 1 atom stereocenters. The van der Waals surface area contributed by atoms with Crippen LogP contribution in [0.5, 0.6) is 5.75 Å². The summed E-state index contributed by atoms with van der Waals surface area (Å²) in [6.45, 7) is 2.59. The molecule has 0 radical (unpaired) electrons. The normalized spacial score (nSPS) is 13.6. The van der Waals surface area contributed by atoms with Crippen molar-refractivity contribution in [3.63, 3.8) is 0 Å². The standard InChI is InChI=1S/C22H24N2O2S/c1-3-22(25-2,21-24-13-15-27-21)18-7-4-8-20(16-18)26-14-5-6-17-9-11-19(23)12-10-17/h4-13,15-16H,3,14,23H2,1-2H3. The molecular formula is C22H24N2O2S. The Morgan fingerprint density at radius 3 is 2.67 bits per heavy atom. The van der Waals surface area contributed by atoms with Gasteiger partial charge in [0.25, 0.3) is 0 Å². The minimum Gasteiger partial charge on any atom is -0.490 e. The lowest BCUT2D eigenvalue weighted by molar-refractivity contribution is 0.0182. The van der Waals surface area contributed by atoms with Gasteiger partial charge in [-0.25, -0.2) is 4.98 Å². The maximum atomic E-state index is 5.93. The highest BCUT2D eigenvalue weighted by Crippen LogP contribution is 2.38. The highest BCUT2D eigenvalue weighted by atomic mass is 32.1. The van der Waals surface area contributed by atoms with Crippen molar-refractivity contribution >= 4 is 23.1 Å². The molecule has 0 spiro atoms. The molecule has 140 valence electrons. The number of benzene rings is 2. The second-order valence-electron chi connectivity index (χ2n) is 6.13. The maximum absolute atomic E-state index is 5.93. The van der Waals surface area contributed by atoms with Crippen molar-refractivity contribution in [1.29, 1.82) is 0 Å². The fourth-order valence-electron chi connectivity index (χ4n) is 3.02. The summed E-state index contributed by atoms with van der Waals surface area (Å²) in [5, 5.41) is 2.93. The highest BCUT2D eigenvalue weighted by molar-refractivity contribution is 7.09. The fraction of sp³-hybridized carbons (Fsp3) is 0.227. The van der Waals surface area contributed by atoms with Crippen molar-refractivity contribution < 1.29 is 9.47 Å². The first-order chi connectivity index (χ1) is 13.2. The number of nitrogen functional groups attached to an aromatic ring is 1. The van der Waals surface area contributed by atoms with Gasteiger partial charge in [0.1, 0.15) is 23.0 Å². The molecule has 2 N–H and O–H groups in total. The molecule has 0 fully saturated rings. The number of hydrogen-bond acceptors (Lipinski definition) is 5. The molecule has 1 aromatic heterocycles. The lowest BCUT2D eigenvalue weighted by atomic mass is 9.91. The van der Waals surface area contributed by atoms with Crippen molar-refractivity contribution in [3.05, 3.63) is 82.3 Å². The zero-order valence-electron chi connectivity index (χ0n) is 15.6. The van der Waals surface area contributed by atoms with Crippen LogP contribution >= 0.6 is 11.3 Å². The van der Waals surface area contributed by atoms with Gasteiger partial charge in [-0.2, -0.15) is 0 Å². The van der Waals surface area contributed by atoms with Gasteiger partial charge >= 0.3 is 0 Å². The summed E-state index contributed by atoms with van der Waals surface area (Å²) in [6.07, 6.45) is 6.61. The Kier molecular flexibility index (Phi) is 6.27. The van der Waals surface area contributed by atoms with Gasteiger partial charge in [-0.15, -0.1) is 11.3 Å². The Morgan fingerprint density at radius 2 is 2.00 bits per heavy atom. The lowest BCUT2D eigenvalue weighted by Gasteiger charge is -2.30. The Bertz CT molecular complexity index is 870. The van der Waals surface area contributed by atoms with Crippen LogP contribution in [0.15, 0.2) is 66.2 Å². The quantitative estimate of drug-likeness (QED) is 0.551. The molecule has 2 aromatic carbocycles. The zero-order valence-corrected chi connectivity index (χ0v) is 16.4. The van der Waals surface area contributed by atoms with Crippen LogP contribution in [-0.4, -0.2) is 18.7 Å². The van der Waals surface area contributed by atoms with Crippen molar-refractivity contribution in [3.8, 4) is 5.75 Å². The van der Waals surface area contributed by atoms with Crippen LogP contribution in [0, 0.1) is 0 Å². The highest BCUT2D eigenvalue weighted by Gasteiger charge is 2.35. The number of hydrogen-bond donors (Lipinski definition) is 1. The van der Waals surface area contributed by atoms with Crippen LogP contribution in [-0.2, 0) is 10.3 Å². The molecule has 1 unspecified atom stereocenters. The molecule has 0 bridgehead atoms. The van der Waals surface area contributed by atoms with Gasteiger partial charge in [0, 0.05) is 24.4 Å². The van der Waals surface area contributed by atoms with E-state index in [4.69, 9.17) is 15.2 Å².